The van der Waals surface area contributed by atoms with Gasteiger partial charge in [-0.05, 0) is 38.4 Å². The van der Waals surface area contributed by atoms with E-state index in [1.165, 1.54) is 6.07 Å². The van der Waals surface area contributed by atoms with Crippen molar-refractivity contribution in [3.63, 3.8) is 0 Å². The minimum atomic E-state index is -0.776. The molecule has 17 heavy (non-hydrogen) atoms. The summed E-state index contributed by atoms with van der Waals surface area (Å²) in [6, 6.07) is 3.81. The lowest BCUT2D eigenvalue weighted by Crippen LogP contribution is -2.33. The minimum Gasteiger partial charge on any atom is -0.293 e. The standard InChI is InChI=1S/C13H15F2NO/c1-9-4-3-7-16(9)8-12(17)13-10(14)5-2-6-11(13)15/h2,5-6,9H,3-4,7-8H2,1H3. The topological polar surface area (TPSA) is 20.3 Å². The van der Waals surface area contributed by atoms with Gasteiger partial charge in [-0.1, -0.05) is 6.07 Å². The Bertz CT molecular complexity index is 413. The van der Waals surface area contributed by atoms with Crippen LogP contribution in [0.25, 0.3) is 0 Å². The van der Waals surface area contributed by atoms with Crippen LogP contribution in [0.3, 0.4) is 0 Å². The van der Waals surface area contributed by atoms with Crippen LogP contribution in [0.15, 0.2) is 18.2 Å². The first kappa shape index (κ1) is 12.2. The van der Waals surface area contributed by atoms with Gasteiger partial charge >= 0.3 is 0 Å². The molecule has 1 unspecified atom stereocenters. The van der Waals surface area contributed by atoms with Crippen LogP contribution in [-0.2, 0) is 0 Å². The Morgan fingerprint density at radius 1 is 1.41 bits per heavy atom. The molecule has 1 aliphatic rings. The van der Waals surface area contributed by atoms with Crippen LogP contribution in [0.2, 0.25) is 0 Å². The smallest absolute Gasteiger partial charge is 0.182 e. The zero-order valence-corrected chi connectivity index (χ0v) is 9.75. The fourth-order valence-corrected chi connectivity index (χ4v) is 2.26. The Morgan fingerprint density at radius 3 is 2.59 bits per heavy atom. The summed E-state index contributed by atoms with van der Waals surface area (Å²) >= 11 is 0. The zero-order valence-electron chi connectivity index (χ0n) is 9.75. The number of hydrogen-bond donors (Lipinski definition) is 0. The van der Waals surface area contributed by atoms with Gasteiger partial charge in [0.15, 0.2) is 5.78 Å². The summed E-state index contributed by atoms with van der Waals surface area (Å²) in [4.78, 5) is 13.8. The molecule has 1 aromatic carbocycles. The van der Waals surface area contributed by atoms with Crippen molar-refractivity contribution in [3.05, 3.63) is 35.4 Å². The predicted octanol–water partition coefficient (Wildman–Crippen LogP) is 2.63. The largest absolute Gasteiger partial charge is 0.293 e. The third kappa shape index (κ3) is 2.52. The molecule has 1 aliphatic heterocycles. The van der Waals surface area contributed by atoms with E-state index in [2.05, 4.69) is 0 Å². The van der Waals surface area contributed by atoms with Gasteiger partial charge < -0.3 is 0 Å². The van der Waals surface area contributed by atoms with E-state index in [-0.39, 0.29) is 6.54 Å². The van der Waals surface area contributed by atoms with Crippen molar-refractivity contribution in [1.82, 2.24) is 4.90 Å². The quantitative estimate of drug-likeness (QED) is 0.756. The summed E-state index contributed by atoms with van der Waals surface area (Å²) in [5, 5.41) is 0. The van der Waals surface area contributed by atoms with Crippen LogP contribution >= 0.6 is 0 Å². The number of Topliss-reactive ketones (excluding diaryl/α,β-unsaturated/α-hetero) is 1. The summed E-state index contributed by atoms with van der Waals surface area (Å²) in [5.41, 5.74) is -0.411. The van der Waals surface area contributed by atoms with Crippen LogP contribution in [0, 0.1) is 11.6 Å². The molecule has 2 rings (SSSR count). The number of halogens is 2. The highest BCUT2D eigenvalue weighted by atomic mass is 19.1. The van der Waals surface area contributed by atoms with E-state index in [1.807, 2.05) is 11.8 Å². The lowest BCUT2D eigenvalue weighted by Gasteiger charge is -2.20. The molecule has 0 N–H and O–H groups in total. The molecule has 0 aliphatic carbocycles. The Hall–Kier alpha value is -1.29. The number of hydrogen-bond acceptors (Lipinski definition) is 2. The molecule has 0 aromatic heterocycles. The van der Waals surface area contributed by atoms with Crippen molar-refractivity contribution in [2.24, 2.45) is 0 Å². The average molecular weight is 239 g/mol. The highest BCUT2D eigenvalue weighted by Gasteiger charge is 2.25. The monoisotopic (exact) mass is 239 g/mol. The van der Waals surface area contributed by atoms with Gasteiger partial charge in [-0.3, -0.25) is 9.69 Å². The normalized spacial score (nSPS) is 20.8. The molecular formula is C13H15F2NO. The first-order valence-corrected chi connectivity index (χ1v) is 5.81. The number of carbonyl (C=O) groups is 1. The first-order valence-electron chi connectivity index (χ1n) is 5.81. The Balaban J connectivity index is 2.14. The number of rotatable bonds is 3. The van der Waals surface area contributed by atoms with E-state index < -0.39 is 23.0 Å². The molecule has 1 atom stereocenters. The molecule has 0 saturated carbocycles. The Labute approximate surface area is 99.2 Å². The molecule has 1 saturated heterocycles. The Morgan fingerprint density at radius 2 is 2.06 bits per heavy atom. The van der Waals surface area contributed by atoms with Crippen molar-refractivity contribution in [1.29, 1.82) is 0 Å². The van der Waals surface area contributed by atoms with Gasteiger partial charge in [0.2, 0.25) is 0 Å². The third-order valence-electron chi connectivity index (χ3n) is 3.28. The van der Waals surface area contributed by atoms with Crippen molar-refractivity contribution in [3.8, 4) is 0 Å². The van der Waals surface area contributed by atoms with Crippen molar-refractivity contribution < 1.29 is 13.6 Å². The summed E-state index contributed by atoms with van der Waals surface area (Å²) in [7, 11) is 0. The molecule has 0 spiro atoms. The fraction of sp³-hybridized carbons (Fsp3) is 0.462. The lowest BCUT2D eigenvalue weighted by molar-refractivity contribution is 0.0918. The minimum absolute atomic E-state index is 0.0962. The van der Waals surface area contributed by atoms with Crippen LogP contribution in [0.5, 0.6) is 0 Å². The maximum atomic E-state index is 13.4. The van der Waals surface area contributed by atoms with Crippen molar-refractivity contribution in [2.75, 3.05) is 13.1 Å². The zero-order chi connectivity index (χ0) is 12.4. The van der Waals surface area contributed by atoms with E-state index in [4.69, 9.17) is 0 Å². The molecule has 1 aromatic rings. The van der Waals surface area contributed by atoms with Gasteiger partial charge in [0, 0.05) is 6.04 Å². The number of likely N-dealkylation sites (tertiary alicyclic amines) is 1. The van der Waals surface area contributed by atoms with E-state index in [9.17, 15) is 13.6 Å². The number of ketones is 1. The molecular weight excluding hydrogens is 224 g/mol. The molecule has 1 fully saturated rings. The lowest BCUT2D eigenvalue weighted by atomic mass is 10.1. The van der Waals surface area contributed by atoms with Gasteiger partial charge in [0.1, 0.15) is 11.6 Å². The second-order valence-corrected chi connectivity index (χ2v) is 4.48. The molecule has 4 heteroatoms. The highest BCUT2D eigenvalue weighted by molar-refractivity contribution is 5.98. The van der Waals surface area contributed by atoms with Crippen LogP contribution < -0.4 is 0 Å². The number of nitrogens with zero attached hydrogens (tertiary/aromatic N) is 1. The molecule has 92 valence electrons. The summed E-state index contributed by atoms with van der Waals surface area (Å²) in [6.07, 6.45) is 2.07. The second-order valence-electron chi connectivity index (χ2n) is 4.48. The molecule has 0 radical (unpaired) electrons. The van der Waals surface area contributed by atoms with Crippen LogP contribution in [-0.4, -0.2) is 29.8 Å². The maximum Gasteiger partial charge on any atom is 0.182 e. The number of benzene rings is 1. The van der Waals surface area contributed by atoms with E-state index in [0.29, 0.717) is 6.04 Å². The van der Waals surface area contributed by atoms with Crippen LogP contribution in [0.1, 0.15) is 30.1 Å². The molecule has 2 nitrogen and oxygen atoms in total. The van der Waals surface area contributed by atoms with Gasteiger partial charge in [-0.2, -0.15) is 0 Å². The summed E-state index contributed by atoms with van der Waals surface area (Å²) < 4.78 is 26.8. The maximum absolute atomic E-state index is 13.4. The van der Waals surface area contributed by atoms with Crippen LogP contribution in [0.4, 0.5) is 8.78 Å². The van der Waals surface area contributed by atoms with E-state index in [1.54, 1.807) is 0 Å². The average Bonchev–Trinajstić information content (AvgIpc) is 2.64. The Kier molecular flexibility index (Phi) is 3.52. The fourth-order valence-electron chi connectivity index (χ4n) is 2.26. The van der Waals surface area contributed by atoms with E-state index in [0.717, 1.165) is 31.5 Å². The van der Waals surface area contributed by atoms with Gasteiger partial charge in [0.25, 0.3) is 0 Å². The third-order valence-corrected chi connectivity index (χ3v) is 3.28. The second kappa shape index (κ2) is 4.92. The molecule has 1 heterocycles. The predicted molar refractivity (Wildman–Crippen MR) is 61.0 cm³/mol. The summed E-state index contributed by atoms with van der Waals surface area (Å²) in [6.45, 7) is 2.94. The SMILES string of the molecule is CC1CCCN1CC(=O)c1c(F)cccc1F. The van der Waals surface area contributed by atoms with E-state index >= 15 is 0 Å². The number of carbonyl (C=O) groups excluding carboxylic acids is 1. The molecule has 0 bridgehead atoms. The summed E-state index contributed by atoms with van der Waals surface area (Å²) in [5.74, 6) is -2.03. The van der Waals surface area contributed by atoms with Gasteiger partial charge in [-0.15, -0.1) is 0 Å². The van der Waals surface area contributed by atoms with Crippen molar-refractivity contribution >= 4 is 5.78 Å². The van der Waals surface area contributed by atoms with Gasteiger partial charge in [-0.25, -0.2) is 8.78 Å². The molecule has 0 amide bonds. The van der Waals surface area contributed by atoms with Gasteiger partial charge in [0.05, 0.1) is 12.1 Å². The van der Waals surface area contributed by atoms with Crippen molar-refractivity contribution in [2.45, 2.75) is 25.8 Å². The highest BCUT2D eigenvalue weighted by Crippen LogP contribution is 2.19. The first-order chi connectivity index (χ1) is 8.09.